The maximum atomic E-state index is 12.4. The molecule has 0 atom stereocenters. The summed E-state index contributed by atoms with van der Waals surface area (Å²) in [7, 11) is 0. The Bertz CT molecular complexity index is 1270. The summed E-state index contributed by atoms with van der Waals surface area (Å²) in [6.07, 6.45) is 4.46. The van der Waals surface area contributed by atoms with Crippen LogP contribution in [0.3, 0.4) is 0 Å². The van der Waals surface area contributed by atoms with Gasteiger partial charge >= 0.3 is 0 Å². The Balaban J connectivity index is 1.14. The maximum Gasteiger partial charge on any atom is 0.262 e. The topological polar surface area (TPSA) is 78.3 Å². The molecule has 0 aliphatic carbocycles. The lowest BCUT2D eigenvalue weighted by molar-refractivity contribution is -0.118. The van der Waals surface area contributed by atoms with Gasteiger partial charge in [0.2, 0.25) is 0 Å². The minimum atomic E-state index is -0.232. The average Bonchev–Trinajstić information content (AvgIpc) is 3.16. The number of nitrogens with zero attached hydrogens (tertiary/aromatic N) is 3. The molecule has 0 saturated carbocycles. The van der Waals surface area contributed by atoms with E-state index in [1.807, 2.05) is 78.9 Å². The summed E-state index contributed by atoms with van der Waals surface area (Å²) in [6.45, 7) is 1.34. The second-order valence-corrected chi connectivity index (χ2v) is 8.57. The largest absolute Gasteiger partial charge is 0.489 e. The number of amides is 1. The highest BCUT2D eigenvalue weighted by atomic mass is 16.5. The van der Waals surface area contributed by atoms with E-state index in [4.69, 9.17) is 9.47 Å². The number of anilines is 1. The van der Waals surface area contributed by atoms with Crippen LogP contribution in [0.5, 0.6) is 11.5 Å². The molecular formula is C28H28N4O3. The van der Waals surface area contributed by atoms with Crippen LogP contribution < -0.4 is 14.8 Å². The van der Waals surface area contributed by atoms with Crippen molar-refractivity contribution in [2.45, 2.75) is 38.8 Å². The van der Waals surface area contributed by atoms with Crippen molar-refractivity contribution in [1.82, 2.24) is 14.8 Å². The van der Waals surface area contributed by atoms with Gasteiger partial charge in [-0.3, -0.25) is 4.79 Å². The Hall–Kier alpha value is -4.13. The zero-order valence-electron chi connectivity index (χ0n) is 19.5. The van der Waals surface area contributed by atoms with Gasteiger partial charge in [0.25, 0.3) is 5.91 Å². The monoisotopic (exact) mass is 468 g/mol. The number of fused-ring (bicyclic) bond motifs is 1. The van der Waals surface area contributed by atoms with Crippen molar-refractivity contribution in [2.75, 3.05) is 11.9 Å². The highest BCUT2D eigenvalue weighted by molar-refractivity contribution is 5.91. The van der Waals surface area contributed by atoms with Crippen molar-refractivity contribution in [2.24, 2.45) is 0 Å². The standard InChI is InChI=1S/C28H28N4O3/c33-27(29-23-13-15-24(16-14-23)34-19-21-8-3-1-4-9-21)20-35-25-11-7-10-22(18-25)28-31-30-26-12-5-2-6-17-32(26)28/h1,3-4,7-11,13-16,18H,2,5-6,12,17,19-20H2,(H,29,33). The molecule has 0 unspecified atom stereocenters. The van der Waals surface area contributed by atoms with E-state index in [-0.39, 0.29) is 12.5 Å². The van der Waals surface area contributed by atoms with Gasteiger partial charge in [-0.15, -0.1) is 10.2 Å². The van der Waals surface area contributed by atoms with Crippen molar-refractivity contribution in [3.8, 4) is 22.9 Å². The summed E-state index contributed by atoms with van der Waals surface area (Å²) in [5, 5.41) is 11.6. The third-order valence-electron chi connectivity index (χ3n) is 5.96. The summed E-state index contributed by atoms with van der Waals surface area (Å²) in [5.74, 6) is 3.02. The molecule has 0 bridgehead atoms. The molecule has 5 rings (SSSR count). The molecule has 7 nitrogen and oxygen atoms in total. The number of benzene rings is 3. The van der Waals surface area contributed by atoms with Crippen molar-refractivity contribution in [1.29, 1.82) is 0 Å². The first kappa shape index (κ1) is 22.7. The number of aromatic nitrogens is 3. The Labute approximate surface area is 204 Å². The molecule has 0 spiro atoms. The second-order valence-electron chi connectivity index (χ2n) is 8.57. The zero-order chi connectivity index (χ0) is 23.9. The fourth-order valence-corrected chi connectivity index (χ4v) is 4.14. The SMILES string of the molecule is O=C(COc1cccc(-c2nnc3n2CCCCC3)c1)Nc1ccc(OCc2ccccc2)cc1. The Kier molecular flexibility index (Phi) is 7.03. The first-order valence-corrected chi connectivity index (χ1v) is 12.0. The fraction of sp³-hybridized carbons (Fsp3) is 0.250. The number of rotatable bonds is 8. The first-order valence-electron chi connectivity index (χ1n) is 12.0. The van der Waals surface area contributed by atoms with E-state index in [0.717, 1.165) is 54.3 Å². The maximum absolute atomic E-state index is 12.4. The third kappa shape index (κ3) is 5.87. The van der Waals surface area contributed by atoms with Crippen LogP contribution >= 0.6 is 0 Å². The molecule has 35 heavy (non-hydrogen) atoms. The second kappa shape index (κ2) is 10.9. The van der Waals surface area contributed by atoms with Crippen LogP contribution in [0.15, 0.2) is 78.9 Å². The highest BCUT2D eigenvalue weighted by Gasteiger charge is 2.16. The number of aryl methyl sites for hydroxylation is 1. The molecule has 1 N–H and O–H groups in total. The van der Waals surface area contributed by atoms with Crippen LogP contribution in [-0.4, -0.2) is 27.3 Å². The van der Waals surface area contributed by atoms with Crippen molar-refractivity contribution < 1.29 is 14.3 Å². The van der Waals surface area contributed by atoms with Gasteiger partial charge in [0.15, 0.2) is 12.4 Å². The van der Waals surface area contributed by atoms with E-state index in [2.05, 4.69) is 20.1 Å². The van der Waals surface area contributed by atoms with Gasteiger partial charge in [0, 0.05) is 24.2 Å². The molecule has 1 aliphatic heterocycles. The number of hydrogen-bond acceptors (Lipinski definition) is 5. The quantitative estimate of drug-likeness (QED) is 0.381. The number of nitrogens with one attached hydrogen (secondary N) is 1. The Morgan fingerprint density at radius 2 is 1.71 bits per heavy atom. The van der Waals surface area contributed by atoms with Gasteiger partial charge in [-0.1, -0.05) is 48.9 Å². The predicted molar refractivity (Wildman–Crippen MR) is 134 cm³/mol. The van der Waals surface area contributed by atoms with Gasteiger partial charge in [-0.05, 0) is 54.8 Å². The highest BCUT2D eigenvalue weighted by Crippen LogP contribution is 2.26. The van der Waals surface area contributed by atoms with E-state index in [9.17, 15) is 4.79 Å². The van der Waals surface area contributed by atoms with Crippen molar-refractivity contribution in [3.05, 3.63) is 90.3 Å². The van der Waals surface area contributed by atoms with Crippen molar-refractivity contribution in [3.63, 3.8) is 0 Å². The molecular weight excluding hydrogens is 440 g/mol. The summed E-state index contributed by atoms with van der Waals surface area (Å²) < 4.78 is 13.8. The van der Waals surface area contributed by atoms with Gasteiger partial charge < -0.3 is 19.4 Å². The molecule has 1 amide bonds. The van der Waals surface area contributed by atoms with E-state index in [0.29, 0.717) is 18.0 Å². The Morgan fingerprint density at radius 3 is 2.57 bits per heavy atom. The molecule has 0 radical (unpaired) electrons. The lowest BCUT2D eigenvalue weighted by Gasteiger charge is -2.11. The fourth-order valence-electron chi connectivity index (χ4n) is 4.14. The summed E-state index contributed by atoms with van der Waals surface area (Å²) >= 11 is 0. The van der Waals surface area contributed by atoms with Crippen LogP contribution in [0, 0.1) is 0 Å². The molecule has 3 aromatic carbocycles. The lowest BCUT2D eigenvalue weighted by Crippen LogP contribution is -2.20. The molecule has 1 aliphatic rings. The van der Waals surface area contributed by atoms with Gasteiger partial charge in [-0.2, -0.15) is 0 Å². The minimum absolute atomic E-state index is 0.0896. The molecule has 0 saturated heterocycles. The lowest BCUT2D eigenvalue weighted by atomic mass is 10.2. The first-order chi connectivity index (χ1) is 17.2. The number of carbonyl (C=O) groups is 1. The van der Waals surface area contributed by atoms with Gasteiger partial charge in [-0.25, -0.2) is 0 Å². The van der Waals surface area contributed by atoms with Crippen LogP contribution in [0.4, 0.5) is 5.69 Å². The minimum Gasteiger partial charge on any atom is -0.489 e. The van der Waals surface area contributed by atoms with Crippen LogP contribution in [0.2, 0.25) is 0 Å². The van der Waals surface area contributed by atoms with Crippen LogP contribution in [0.1, 0.15) is 30.7 Å². The molecule has 4 aromatic rings. The predicted octanol–water partition coefficient (Wildman–Crippen LogP) is 5.27. The van der Waals surface area contributed by atoms with E-state index < -0.39 is 0 Å². The summed E-state index contributed by atoms with van der Waals surface area (Å²) in [6, 6.07) is 25.0. The molecule has 0 fully saturated rings. The smallest absolute Gasteiger partial charge is 0.262 e. The molecule has 1 aromatic heterocycles. The third-order valence-corrected chi connectivity index (χ3v) is 5.96. The normalized spacial score (nSPS) is 12.9. The van der Waals surface area contributed by atoms with E-state index >= 15 is 0 Å². The Morgan fingerprint density at radius 1 is 0.857 bits per heavy atom. The molecule has 2 heterocycles. The summed E-state index contributed by atoms with van der Waals surface area (Å²) in [5.41, 5.74) is 2.73. The average molecular weight is 469 g/mol. The van der Waals surface area contributed by atoms with Gasteiger partial charge in [0.05, 0.1) is 0 Å². The molecule has 7 heteroatoms. The zero-order valence-corrected chi connectivity index (χ0v) is 19.5. The summed E-state index contributed by atoms with van der Waals surface area (Å²) in [4.78, 5) is 12.4. The number of ether oxygens (including phenoxy) is 2. The molecule has 178 valence electrons. The van der Waals surface area contributed by atoms with E-state index in [1.165, 1.54) is 6.42 Å². The van der Waals surface area contributed by atoms with Crippen molar-refractivity contribution >= 4 is 11.6 Å². The van der Waals surface area contributed by atoms with Gasteiger partial charge in [0.1, 0.15) is 23.9 Å². The number of carbonyl (C=O) groups excluding carboxylic acids is 1. The number of hydrogen-bond donors (Lipinski definition) is 1. The van der Waals surface area contributed by atoms with Crippen LogP contribution in [0.25, 0.3) is 11.4 Å². The van der Waals surface area contributed by atoms with Crippen LogP contribution in [-0.2, 0) is 24.4 Å². The van der Waals surface area contributed by atoms with E-state index in [1.54, 1.807) is 0 Å².